The number of hydrogen-bond acceptors (Lipinski definition) is 1. The summed E-state index contributed by atoms with van der Waals surface area (Å²) in [5.41, 5.74) is 1.12. The monoisotopic (exact) mass is 289 g/mol. The van der Waals surface area contributed by atoms with Crippen LogP contribution in [-0.2, 0) is 0 Å². The minimum Gasteiger partial charge on any atom is -0.382 e. The highest BCUT2D eigenvalue weighted by atomic mass is 79.9. The van der Waals surface area contributed by atoms with Gasteiger partial charge >= 0.3 is 0 Å². The molecule has 0 aliphatic rings. The van der Waals surface area contributed by atoms with Gasteiger partial charge in [-0.1, -0.05) is 32.4 Å². The molecule has 3 heteroatoms. The first-order valence-electron chi connectivity index (χ1n) is 5.26. The van der Waals surface area contributed by atoms with Gasteiger partial charge in [0.25, 0.3) is 0 Å². The molecule has 0 fully saturated rings. The van der Waals surface area contributed by atoms with E-state index in [4.69, 9.17) is 11.6 Å². The van der Waals surface area contributed by atoms with Gasteiger partial charge in [0.1, 0.15) is 0 Å². The predicted octanol–water partition coefficient (Wildman–Crippen LogP) is 4.95. The molecule has 0 aliphatic carbocycles. The van der Waals surface area contributed by atoms with E-state index in [0.29, 0.717) is 12.0 Å². The molecule has 1 aromatic rings. The number of nitrogens with one attached hydrogen (secondary N) is 1. The van der Waals surface area contributed by atoms with Gasteiger partial charge in [0.2, 0.25) is 0 Å². The number of halogens is 2. The molecule has 1 N–H and O–H groups in total. The lowest BCUT2D eigenvalue weighted by molar-refractivity contribution is 0.511. The van der Waals surface area contributed by atoms with Crippen LogP contribution in [0.4, 0.5) is 5.69 Å². The first kappa shape index (κ1) is 12.9. The number of rotatable bonds is 4. The summed E-state index contributed by atoms with van der Waals surface area (Å²) in [6.07, 6.45) is 1.12. The molecule has 0 bridgehead atoms. The molecule has 0 saturated carbocycles. The van der Waals surface area contributed by atoms with Crippen LogP contribution < -0.4 is 5.32 Å². The summed E-state index contributed by atoms with van der Waals surface area (Å²) in [6.45, 7) is 6.65. The molecule has 0 radical (unpaired) electrons. The van der Waals surface area contributed by atoms with E-state index < -0.39 is 0 Å². The van der Waals surface area contributed by atoms with Crippen molar-refractivity contribution in [3.05, 3.63) is 27.7 Å². The van der Waals surface area contributed by atoms with Crippen LogP contribution in [0.2, 0.25) is 5.02 Å². The van der Waals surface area contributed by atoms with Gasteiger partial charge in [-0.15, -0.1) is 0 Å². The van der Waals surface area contributed by atoms with Gasteiger partial charge in [-0.25, -0.2) is 0 Å². The summed E-state index contributed by atoms with van der Waals surface area (Å²) < 4.78 is 0.938. The van der Waals surface area contributed by atoms with Gasteiger partial charge in [0.05, 0.1) is 5.02 Å². The minimum absolute atomic E-state index is 0.512. The number of hydrogen-bond donors (Lipinski definition) is 1. The van der Waals surface area contributed by atoms with E-state index in [1.807, 2.05) is 18.2 Å². The van der Waals surface area contributed by atoms with Crippen LogP contribution in [0.25, 0.3) is 0 Å². The van der Waals surface area contributed by atoms with Crippen LogP contribution in [0.1, 0.15) is 27.2 Å². The minimum atomic E-state index is 0.512. The average Bonchev–Trinajstić information content (AvgIpc) is 2.19. The van der Waals surface area contributed by atoms with Crippen LogP contribution in [0.15, 0.2) is 22.7 Å². The van der Waals surface area contributed by atoms with Crippen molar-refractivity contribution < 1.29 is 0 Å². The molecular formula is C12H17BrClN. The van der Waals surface area contributed by atoms with Crippen LogP contribution >= 0.6 is 27.5 Å². The second-order valence-corrected chi connectivity index (χ2v) is 5.29. The third-order valence-corrected chi connectivity index (χ3v) is 3.73. The van der Waals surface area contributed by atoms with Crippen molar-refractivity contribution >= 4 is 33.2 Å². The van der Waals surface area contributed by atoms with E-state index in [9.17, 15) is 0 Å². The zero-order valence-electron chi connectivity index (χ0n) is 9.35. The van der Waals surface area contributed by atoms with Crippen molar-refractivity contribution in [2.24, 2.45) is 5.92 Å². The summed E-state index contributed by atoms with van der Waals surface area (Å²) in [5, 5.41) is 4.26. The molecule has 1 rings (SSSR count). The smallest absolute Gasteiger partial charge is 0.0549 e. The maximum Gasteiger partial charge on any atom is 0.0549 e. The number of anilines is 1. The molecule has 0 amide bonds. The third-order valence-electron chi connectivity index (χ3n) is 2.52. The summed E-state index contributed by atoms with van der Waals surface area (Å²) in [6, 6.07) is 6.45. The lowest BCUT2D eigenvalue weighted by Gasteiger charge is -2.22. The Hall–Kier alpha value is -0.210. The summed E-state index contributed by atoms with van der Waals surface area (Å²) in [4.78, 5) is 0. The Kier molecular flexibility index (Phi) is 4.94. The van der Waals surface area contributed by atoms with E-state index >= 15 is 0 Å². The SMILES string of the molecule is CCC(Nc1ccc(Cl)c(Br)c1)C(C)C. The predicted molar refractivity (Wildman–Crippen MR) is 71.7 cm³/mol. The Morgan fingerprint density at radius 3 is 2.53 bits per heavy atom. The van der Waals surface area contributed by atoms with Gasteiger partial charge in [-0.3, -0.25) is 0 Å². The van der Waals surface area contributed by atoms with E-state index in [2.05, 4.69) is 42.0 Å². The molecule has 1 aromatic carbocycles. The zero-order valence-corrected chi connectivity index (χ0v) is 11.7. The Bertz CT molecular complexity index is 325. The molecule has 1 atom stereocenters. The fourth-order valence-corrected chi connectivity index (χ4v) is 2.04. The standard InChI is InChI=1S/C12H17BrClN/c1-4-12(8(2)3)15-9-5-6-11(14)10(13)7-9/h5-8,12,15H,4H2,1-3H3. The Morgan fingerprint density at radius 1 is 1.40 bits per heavy atom. The zero-order chi connectivity index (χ0) is 11.4. The molecule has 15 heavy (non-hydrogen) atoms. The topological polar surface area (TPSA) is 12.0 Å². The van der Waals surface area contributed by atoms with Crippen molar-refractivity contribution in [2.45, 2.75) is 33.2 Å². The molecule has 84 valence electrons. The highest BCUT2D eigenvalue weighted by Crippen LogP contribution is 2.26. The third kappa shape index (κ3) is 3.69. The Balaban J connectivity index is 2.75. The largest absolute Gasteiger partial charge is 0.382 e. The Morgan fingerprint density at radius 2 is 2.07 bits per heavy atom. The van der Waals surface area contributed by atoms with Gasteiger partial charge in [0.15, 0.2) is 0 Å². The molecule has 0 heterocycles. The lowest BCUT2D eigenvalue weighted by Crippen LogP contribution is -2.24. The van der Waals surface area contributed by atoms with Crippen LogP contribution in [0.3, 0.4) is 0 Å². The van der Waals surface area contributed by atoms with Gasteiger partial charge in [-0.05, 0) is 46.5 Å². The molecule has 1 unspecified atom stereocenters. The Labute approximate surface area is 105 Å². The van der Waals surface area contributed by atoms with Crippen LogP contribution in [-0.4, -0.2) is 6.04 Å². The first-order chi connectivity index (χ1) is 7.04. The molecular weight excluding hydrogens is 273 g/mol. The summed E-state index contributed by atoms with van der Waals surface area (Å²) in [7, 11) is 0. The van der Waals surface area contributed by atoms with Crippen molar-refractivity contribution in [3.63, 3.8) is 0 Å². The molecule has 0 saturated heterocycles. The van der Waals surface area contributed by atoms with E-state index in [-0.39, 0.29) is 0 Å². The normalized spacial score (nSPS) is 12.9. The van der Waals surface area contributed by atoms with E-state index in [1.165, 1.54) is 0 Å². The summed E-state index contributed by atoms with van der Waals surface area (Å²) in [5.74, 6) is 0.629. The van der Waals surface area contributed by atoms with Crippen molar-refractivity contribution in [2.75, 3.05) is 5.32 Å². The first-order valence-corrected chi connectivity index (χ1v) is 6.43. The van der Waals surface area contributed by atoms with Crippen LogP contribution in [0, 0.1) is 5.92 Å². The maximum absolute atomic E-state index is 5.94. The van der Waals surface area contributed by atoms with Gasteiger partial charge in [-0.2, -0.15) is 0 Å². The second kappa shape index (κ2) is 5.76. The quantitative estimate of drug-likeness (QED) is 0.827. The van der Waals surface area contributed by atoms with Crippen LogP contribution in [0.5, 0.6) is 0 Å². The fraction of sp³-hybridized carbons (Fsp3) is 0.500. The van der Waals surface area contributed by atoms with Crippen molar-refractivity contribution in [1.82, 2.24) is 0 Å². The van der Waals surface area contributed by atoms with Gasteiger partial charge < -0.3 is 5.32 Å². The molecule has 0 aromatic heterocycles. The maximum atomic E-state index is 5.94. The highest BCUT2D eigenvalue weighted by Gasteiger charge is 2.10. The molecule has 0 spiro atoms. The fourth-order valence-electron chi connectivity index (χ4n) is 1.54. The van der Waals surface area contributed by atoms with Crippen molar-refractivity contribution in [1.29, 1.82) is 0 Å². The van der Waals surface area contributed by atoms with E-state index in [0.717, 1.165) is 21.6 Å². The summed E-state index contributed by atoms with van der Waals surface area (Å²) >= 11 is 9.36. The molecule has 0 aliphatic heterocycles. The molecule has 1 nitrogen and oxygen atoms in total. The highest BCUT2D eigenvalue weighted by molar-refractivity contribution is 9.10. The lowest BCUT2D eigenvalue weighted by atomic mass is 10.0. The second-order valence-electron chi connectivity index (χ2n) is 4.03. The van der Waals surface area contributed by atoms with Gasteiger partial charge in [0, 0.05) is 16.2 Å². The number of benzene rings is 1. The van der Waals surface area contributed by atoms with Crippen molar-refractivity contribution in [3.8, 4) is 0 Å². The van der Waals surface area contributed by atoms with E-state index in [1.54, 1.807) is 0 Å². The average molecular weight is 291 g/mol.